The summed E-state index contributed by atoms with van der Waals surface area (Å²) in [4.78, 5) is 26.7. The average Bonchev–Trinajstić information content (AvgIpc) is 3.11. The first-order valence-corrected chi connectivity index (χ1v) is 9.96. The monoisotopic (exact) mass is 396 g/mol. The summed E-state index contributed by atoms with van der Waals surface area (Å²) >= 11 is 0. The van der Waals surface area contributed by atoms with Gasteiger partial charge in [-0.2, -0.15) is 0 Å². The Morgan fingerprint density at radius 3 is 2.66 bits per heavy atom. The molecule has 1 fully saturated rings. The SMILES string of the molecule is CCOc1ccc(N2CC(C(=O)NCCc3cc(C)ccc3OC)CC2=O)cc1. The number of aryl methyl sites for hydroxylation is 1. The first-order valence-electron chi connectivity index (χ1n) is 9.96. The molecular weight excluding hydrogens is 368 g/mol. The fourth-order valence-corrected chi connectivity index (χ4v) is 3.59. The molecule has 1 aliphatic heterocycles. The van der Waals surface area contributed by atoms with Gasteiger partial charge in [-0.1, -0.05) is 17.7 Å². The lowest BCUT2D eigenvalue weighted by Gasteiger charge is -2.17. The third-order valence-electron chi connectivity index (χ3n) is 5.08. The van der Waals surface area contributed by atoms with E-state index in [1.807, 2.05) is 50.2 Å². The van der Waals surface area contributed by atoms with Crippen LogP contribution < -0.4 is 19.7 Å². The number of nitrogens with one attached hydrogen (secondary N) is 1. The number of carbonyl (C=O) groups excluding carboxylic acids is 2. The van der Waals surface area contributed by atoms with Gasteiger partial charge in [-0.15, -0.1) is 0 Å². The van der Waals surface area contributed by atoms with E-state index in [-0.39, 0.29) is 24.2 Å². The van der Waals surface area contributed by atoms with Crippen molar-refractivity contribution in [3.63, 3.8) is 0 Å². The van der Waals surface area contributed by atoms with Gasteiger partial charge in [0.1, 0.15) is 11.5 Å². The van der Waals surface area contributed by atoms with Crippen LogP contribution in [0.3, 0.4) is 0 Å². The third-order valence-corrected chi connectivity index (χ3v) is 5.08. The van der Waals surface area contributed by atoms with Crippen molar-refractivity contribution in [2.24, 2.45) is 5.92 Å². The lowest BCUT2D eigenvalue weighted by atomic mass is 10.1. The minimum absolute atomic E-state index is 0.0327. The van der Waals surface area contributed by atoms with Gasteiger partial charge in [0.25, 0.3) is 0 Å². The van der Waals surface area contributed by atoms with E-state index >= 15 is 0 Å². The summed E-state index contributed by atoms with van der Waals surface area (Å²) in [6.07, 6.45) is 0.909. The topological polar surface area (TPSA) is 67.9 Å². The Morgan fingerprint density at radius 1 is 1.21 bits per heavy atom. The van der Waals surface area contributed by atoms with Crippen LogP contribution in [0.1, 0.15) is 24.5 Å². The molecule has 1 saturated heterocycles. The van der Waals surface area contributed by atoms with Crippen LogP contribution in [0.5, 0.6) is 11.5 Å². The maximum absolute atomic E-state index is 12.6. The van der Waals surface area contributed by atoms with Gasteiger partial charge in [-0.05, 0) is 56.2 Å². The molecular formula is C23H28N2O4. The normalized spacial score (nSPS) is 16.0. The van der Waals surface area contributed by atoms with E-state index in [9.17, 15) is 9.59 Å². The fourth-order valence-electron chi connectivity index (χ4n) is 3.59. The van der Waals surface area contributed by atoms with Gasteiger partial charge < -0.3 is 19.7 Å². The van der Waals surface area contributed by atoms with Crippen molar-refractivity contribution in [2.75, 3.05) is 31.7 Å². The zero-order valence-electron chi connectivity index (χ0n) is 17.2. The van der Waals surface area contributed by atoms with Crippen LogP contribution in [0.15, 0.2) is 42.5 Å². The van der Waals surface area contributed by atoms with Crippen molar-refractivity contribution in [1.29, 1.82) is 0 Å². The van der Waals surface area contributed by atoms with Crippen molar-refractivity contribution in [1.82, 2.24) is 5.32 Å². The number of amides is 2. The highest BCUT2D eigenvalue weighted by Crippen LogP contribution is 2.27. The molecule has 6 heteroatoms. The summed E-state index contributed by atoms with van der Waals surface area (Å²) in [7, 11) is 1.65. The lowest BCUT2D eigenvalue weighted by Crippen LogP contribution is -2.34. The minimum Gasteiger partial charge on any atom is -0.496 e. The first-order chi connectivity index (χ1) is 14.0. The number of hydrogen-bond donors (Lipinski definition) is 1. The summed E-state index contributed by atoms with van der Waals surface area (Å²) in [6, 6.07) is 13.4. The van der Waals surface area contributed by atoms with Gasteiger partial charge in [-0.25, -0.2) is 0 Å². The predicted octanol–water partition coefficient (Wildman–Crippen LogP) is 3.11. The van der Waals surface area contributed by atoms with Gasteiger partial charge >= 0.3 is 0 Å². The Balaban J connectivity index is 1.54. The molecule has 3 rings (SSSR count). The number of methoxy groups -OCH3 is 1. The second-order valence-corrected chi connectivity index (χ2v) is 7.19. The van der Waals surface area contributed by atoms with Crippen molar-refractivity contribution in [3.05, 3.63) is 53.6 Å². The zero-order chi connectivity index (χ0) is 20.8. The van der Waals surface area contributed by atoms with Gasteiger partial charge in [0.2, 0.25) is 11.8 Å². The number of anilines is 1. The molecule has 29 heavy (non-hydrogen) atoms. The summed E-state index contributed by atoms with van der Waals surface area (Å²) in [6.45, 7) is 5.45. The molecule has 6 nitrogen and oxygen atoms in total. The van der Waals surface area contributed by atoms with Gasteiger partial charge in [-0.3, -0.25) is 9.59 Å². The van der Waals surface area contributed by atoms with Crippen LogP contribution in [-0.4, -0.2) is 38.6 Å². The third kappa shape index (κ3) is 5.08. The van der Waals surface area contributed by atoms with E-state index in [0.29, 0.717) is 26.1 Å². The number of carbonyl (C=O) groups is 2. The van der Waals surface area contributed by atoms with Crippen LogP contribution in [-0.2, 0) is 16.0 Å². The second-order valence-electron chi connectivity index (χ2n) is 7.19. The summed E-state index contributed by atoms with van der Waals surface area (Å²) < 4.78 is 10.8. The highest BCUT2D eigenvalue weighted by molar-refractivity contribution is 6.00. The molecule has 1 heterocycles. The average molecular weight is 396 g/mol. The number of hydrogen-bond acceptors (Lipinski definition) is 4. The summed E-state index contributed by atoms with van der Waals surface area (Å²) in [5.41, 5.74) is 3.00. The molecule has 0 saturated carbocycles. The van der Waals surface area contributed by atoms with Crippen LogP contribution in [0, 0.1) is 12.8 Å². The molecule has 1 unspecified atom stereocenters. The summed E-state index contributed by atoms with van der Waals surface area (Å²) in [5.74, 6) is 1.13. The van der Waals surface area contributed by atoms with Crippen LogP contribution >= 0.6 is 0 Å². The number of nitrogens with zero attached hydrogens (tertiary/aromatic N) is 1. The Kier molecular flexibility index (Phi) is 6.75. The molecule has 2 amide bonds. The number of rotatable bonds is 8. The molecule has 0 spiro atoms. The van der Waals surface area contributed by atoms with Crippen molar-refractivity contribution in [2.45, 2.75) is 26.7 Å². The lowest BCUT2D eigenvalue weighted by molar-refractivity contribution is -0.126. The van der Waals surface area contributed by atoms with Gasteiger partial charge in [0.05, 0.1) is 19.6 Å². The molecule has 0 aliphatic carbocycles. The van der Waals surface area contributed by atoms with Crippen LogP contribution in [0.25, 0.3) is 0 Å². The molecule has 1 atom stereocenters. The van der Waals surface area contributed by atoms with Crippen molar-refractivity contribution < 1.29 is 19.1 Å². The molecule has 2 aromatic rings. The number of ether oxygens (including phenoxy) is 2. The van der Waals surface area contributed by atoms with Crippen LogP contribution in [0.2, 0.25) is 0 Å². The largest absolute Gasteiger partial charge is 0.496 e. The summed E-state index contributed by atoms with van der Waals surface area (Å²) in [5, 5.41) is 2.97. The Labute approximate surface area is 171 Å². The van der Waals surface area contributed by atoms with Crippen molar-refractivity contribution in [3.8, 4) is 11.5 Å². The van der Waals surface area contributed by atoms with E-state index < -0.39 is 0 Å². The maximum atomic E-state index is 12.6. The maximum Gasteiger partial charge on any atom is 0.227 e. The van der Waals surface area contributed by atoms with Crippen molar-refractivity contribution >= 4 is 17.5 Å². The molecule has 1 aliphatic rings. The highest BCUT2D eigenvalue weighted by Gasteiger charge is 2.34. The standard InChI is InChI=1S/C23H28N2O4/c1-4-29-20-8-6-19(7-9-20)25-15-18(14-22(25)26)23(27)24-12-11-17-13-16(2)5-10-21(17)28-3/h5-10,13,18H,4,11-12,14-15H2,1-3H3,(H,24,27). The molecule has 0 aromatic heterocycles. The van der Waals surface area contributed by atoms with Gasteiger partial charge in [0, 0.05) is 25.2 Å². The van der Waals surface area contributed by atoms with E-state index in [4.69, 9.17) is 9.47 Å². The minimum atomic E-state index is -0.339. The molecule has 154 valence electrons. The van der Waals surface area contributed by atoms with Gasteiger partial charge in [0.15, 0.2) is 0 Å². The smallest absolute Gasteiger partial charge is 0.227 e. The van der Waals surface area contributed by atoms with Crippen LogP contribution in [0.4, 0.5) is 5.69 Å². The molecule has 1 N–H and O–H groups in total. The predicted molar refractivity (Wildman–Crippen MR) is 113 cm³/mol. The molecule has 0 bridgehead atoms. The number of benzene rings is 2. The zero-order valence-corrected chi connectivity index (χ0v) is 17.2. The quantitative estimate of drug-likeness (QED) is 0.745. The first kappa shape index (κ1) is 20.7. The van der Waals surface area contributed by atoms with E-state index in [0.717, 1.165) is 28.3 Å². The van der Waals surface area contributed by atoms with E-state index in [1.165, 1.54) is 0 Å². The fraction of sp³-hybridized carbons (Fsp3) is 0.391. The Hall–Kier alpha value is -3.02. The highest BCUT2D eigenvalue weighted by atomic mass is 16.5. The Morgan fingerprint density at radius 2 is 1.97 bits per heavy atom. The molecule has 0 radical (unpaired) electrons. The van der Waals surface area contributed by atoms with E-state index in [2.05, 4.69) is 11.4 Å². The Bertz CT molecular complexity index is 864. The van der Waals surface area contributed by atoms with E-state index in [1.54, 1.807) is 12.0 Å². The molecule has 2 aromatic carbocycles. The second kappa shape index (κ2) is 9.45.